The van der Waals surface area contributed by atoms with Gasteiger partial charge in [0.2, 0.25) is 0 Å². The van der Waals surface area contributed by atoms with Gasteiger partial charge in [0.15, 0.2) is 17.6 Å². The van der Waals surface area contributed by atoms with Crippen molar-refractivity contribution >= 4 is 5.97 Å². The number of benzene rings is 2. The van der Waals surface area contributed by atoms with Crippen LogP contribution in [0.3, 0.4) is 0 Å². The van der Waals surface area contributed by atoms with Gasteiger partial charge in [0.1, 0.15) is 5.75 Å². The van der Waals surface area contributed by atoms with Crippen molar-refractivity contribution in [1.82, 2.24) is 0 Å². The molecule has 0 aliphatic carbocycles. The molecule has 2 atom stereocenters. The Morgan fingerprint density at radius 3 is 2.48 bits per heavy atom. The highest BCUT2D eigenvalue weighted by Gasteiger charge is 2.26. The highest BCUT2D eigenvalue weighted by atomic mass is 16.6. The number of unbranched alkanes of at least 4 members (excludes halogenated alkanes) is 3. The molecule has 3 rings (SSSR count). The topological polar surface area (TPSA) is 44.8 Å². The lowest BCUT2D eigenvalue weighted by Crippen LogP contribution is -2.32. The Balaban J connectivity index is 1.62. The predicted octanol–water partition coefficient (Wildman–Crippen LogP) is 5.78. The van der Waals surface area contributed by atoms with Crippen molar-refractivity contribution in [2.45, 2.75) is 65.1 Å². The van der Waals surface area contributed by atoms with Crippen LogP contribution in [0.15, 0.2) is 42.5 Å². The fourth-order valence-corrected chi connectivity index (χ4v) is 3.17. The third kappa shape index (κ3) is 5.03. The van der Waals surface area contributed by atoms with Crippen molar-refractivity contribution in [3.05, 3.63) is 42.5 Å². The molecule has 0 bridgehead atoms. The number of ether oxygens (including phenoxy) is 3. The quantitative estimate of drug-likeness (QED) is 0.337. The Bertz CT molecular complexity index is 766. The summed E-state index contributed by atoms with van der Waals surface area (Å²) in [5.41, 5.74) is 2.08. The first kappa shape index (κ1) is 19.3. The summed E-state index contributed by atoms with van der Waals surface area (Å²) in [6.07, 6.45) is 5.77. The molecular weight excluding hydrogens is 340 g/mol. The van der Waals surface area contributed by atoms with Crippen LogP contribution in [0.2, 0.25) is 0 Å². The largest absolute Gasteiger partial charge is 0.491 e. The molecular formula is C23H28O4. The summed E-state index contributed by atoms with van der Waals surface area (Å²) in [7, 11) is 0. The van der Waals surface area contributed by atoms with E-state index >= 15 is 0 Å². The summed E-state index contributed by atoms with van der Waals surface area (Å²) in [6, 6.07) is 13.7. The SMILES string of the molecule is CCCCCC[C@H](C)Oc1ccc(-c2ccc3c(c2)O[C@H](C)C(=O)O3)cc1. The Morgan fingerprint density at radius 1 is 1.00 bits per heavy atom. The second kappa shape index (κ2) is 8.94. The van der Waals surface area contributed by atoms with E-state index in [2.05, 4.69) is 13.8 Å². The van der Waals surface area contributed by atoms with Gasteiger partial charge in [0, 0.05) is 0 Å². The Kier molecular flexibility index (Phi) is 6.38. The zero-order valence-electron chi connectivity index (χ0n) is 16.4. The maximum atomic E-state index is 11.6. The molecule has 0 fully saturated rings. The molecule has 0 unspecified atom stereocenters. The van der Waals surface area contributed by atoms with E-state index in [9.17, 15) is 4.79 Å². The molecule has 1 aliphatic rings. The van der Waals surface area contributed by atoms with Crippen LogP contribution in [-0.2, 0) is 4.79 Å². The van der Waals surface area contributed by atoms with Crippen molar-refractivity contribution in [2.24, 2.45) is 0 Å². The lowest BCUT2D eigenvalue weighted by molar-refractivity contribution is -0.144. The number of carbonyl (C=O) groups excluding carboxylic acids is 1. The van der Waals surface area contributed by atoms with E-state index < -0.39 is 6.10 Å². The van der Waals surface area contributed by atoms with Gasteiger partial charge < -0.3 is 14.2 Å². The fourth-order valence-electron chi connectivity index (χ4n) is 3.17. The molecule has 0 spiro atoms. The van der Waals surface area contributed by atoms with E-state index in [1.165, 1.54) is 25.7 Å². The van der Waals surface area contributed by atoms with Crippen LogP contribution in [0.25, 0.3) is 11.1 Å². The minimum absolute atomic E-state index is 0.223. The van der Waals surface area contributed by atoms with Gasteiger partial charge in [-0.05, 0) is 62.1 Å². The third-order valence-electron chi connectivity index (χ3n) is 4.78. The zero-order valence-corrected chi connectivity index (χ0v) is 16.4. The molecule has 0 aromatic heterocycles. The van der Waals surface area contributed by atoms with Crippen LogP contribution >= 0.6 is 0 Å². The molecule has 0 N–H and O–H groups in total. The number of hydrogen-bond acceptors (Lipinski definition) is 4. The van der Waals surface area contributed by atoms with Crippen LogP contribution in [-0.4, -0.2) is 18.2 Å². The summed E-state index contributed by atoms with van der Waals surface area (Å²) in [4.78, 5) is 11.6. The first-order chi connectivity index (χ1) is 13.1. The van der Waals surface area contributed by atoms with E-state index in [0.29, 0.717) is 11.5 Å². The molecule has 0 saturated heterocycles. The molecule has 4 nitrogen and oxygen atoms in total. The van der Waals surface area contributed by atoms with Gasteiger partial charge in [-0.1, -0.05) is 44.4 Å². The number of hydrogen-bond donors (Lipinski definition) is 0. The van der Waals surface area contributed by atoms with Gasteiger partial charge >= 0.3 is 5.97 Å². The third-order valence-corrected chi connectivity index (χ3v) is 4.78. The van der Waals surface area contributed by atoms with Crippen molar-refractivity contribution in [1.29, 1.82) is 0 Å². The lowest BCUT2D eigenvalue weighted by atomic mass is 10.0. The Labute approximate surface area is 161 Å². The van der Waals surface area contributed by atoms with Crippen LogP contribution < -0.4 is 14.2 Å². The molecule has 2 aromatic rings. The predicted molar refractivity (Wildman–Crippen MR) is 106 cm³/mol. The lowest BCUT2D eigenvalue weighted by Gasteiger charge is -2.22. The first-order valence-electron chi connectivity index (χ1n) is 9.86. The maximum Gasteiger partial charge on any atom is 0.352 e. The van der Waals surface area contributed by atoms with E-state index in [1.807, 2.05) is 36.4 Å². The molecule has 1 heterocycles. The second-order valence-electron chi connectivity index (χ2n) is 7.14. The first-order valence-corrected chi connectivity index (χ1v) is 9.86. The molecule has 2 aromatic carbocycles. The summed E-state index contributed by atoms with van der Waals surface area (Å²) in [5.74, 6) is 1.60. The molecule has 0 amide bonds. The van der Waals surface area contributed by atoms with Crippen molar-refractivity contribution in [3.8, 4) is 28.4 Å². The Morgan fingerprint density at radius 2 is 1.74 bits per heavy atom. The molecule has 0 saturated carbocycles. The summed E-state index contributed by atoms with van der Waals surface area (Å²) in [5, 5.41) is 0. The van der Waals surface area contributed by atoms with Crippen molar-refractivity contribution in [3.63, 3.8) is 0 Å². The highest BCUT2D eigenvalue weighted by Crippen LogP contribution is 2.36. The standard InChI is InChI=1S/C23H28O4/c1-4-5-6-7-8-16(2)25-20-12-9-18(10-13-20)19-11-14-21-22(15-19)26-17(3)23(24)27-21/h9-17H,4-8H2,1-3H3/t16-,17+/m0/s1. The number of rotatable bonds is 8. The van der Waals surface area contributed by atoms with E-state index in [1.54, 1.807) is 13.0 Å². The number of fused-ring (bicyclic) bond motifs is 1. The van der Waals surface area contributed by atoms with Crippen molar-refractivity contribution in [2.75, 3.05) is 0 Å². The average Bonchev–Trinajstić information content (AvgIpc) is 2.66. The summed E-state index contributed by atoms with van der Waals surface area (Å²) < 4.78 is 16.9. The van der Waals surface area contributed by atoms with E-state index in [4.69, 9.17) is 14.2 Å². The summed E-state index contributed by atoms with van der Waals surface area (Å²) in [6.45, 7) is 6.04. The maximum absolute atomic E-state index is 11.6. The fraction of sp³-hybridized carbons (Fsp3) is 0.435. The van der Waals surface area contributed by atoms with Gasteiger partial charge in [0.05, 0.1) is 6.10 Å². The molecule has 4 heteroatoms. The molecule has 0 radical (unpaired) electrons. The zero-order chi connectivity index (χ0) is 19.2. The van der Waals surface area contributed by atoms with Gasteiger partial charge in [-0.25, -0.2) is 4.79 Å². The monoisotopic (exact) mass is 368 g/mol. The molecule has 144 valence electrons. The smallest absolute Gasteiger partial charge is 0.352 e. The van der Waals surface area contributed by atoms with Gasteiger partial charge in [0.25, 0.3) is 0 Å². The van der Waals surface area contributed by atoms with Crippen molar-refractivity contribution < 1.29 is 19.0 Å². The normalized spacial score (nSPS) is 16.9. The van der Waals surface area contributed by atoms with Crippen LogP contribution in [0.4, 0.5) is 0 Å². The van der Waals surface area contributed by atoms with E-state index in [0.717, 1.165) is 23.3 Å². The van der Waals surface area contributed by atoms with Crippen LogP contribution in [0.5, 0.6) is 17.2 Å². The minimum atomic E-state index is -0.581. The van der Waals surface area contributed by atoms with Crippen LogP contribution in [0, 0.1) is 0 Å². The second-order valence-corrected chi connectivity index (χ2v) is 7.14. The van der Waals surface area contributed by atoms with Crippen LogP contribution in [0.1, 0.15) is 52.9 Å². The highest BCUT2D eigenvalue weighted by molar-refractivity contribution is 5.81. The van der Waals surface area contributed by atoms with Gasteiger partial charge in [-0.3, -0.25) is 0 Å². The number of esters is 1. The summed E-state index contributed by atoms with van der Waals surface area (Å²) >= 11 is 0. The van der Waals surface area contributed by atoms with Gasteiger partial charge in [-0.15, -0.1) is 0 Å². The Hall–Kier alpha value is -2.49. The molecule has 1 aliphatic heterocycles. The molecule has 27 heavy (non-hydrogen) atoms. The minimum Gasteiger partial charge on any atom is -0.491 e. The number of carbonyl (C=O) groups is 1. The van der Waals surface area contributed by atoms with E-state index in [-0.39, 0.29) is 12.1 Å². The van der Waals surface area contributed by atoms with Gasteiger partial charge in [-0.2, -0.15) is 0 Å². The average molecular weight is 368 g/mol.